The Bertz CT molecular complexity index is 1040. The first-order valence-corrected chi connectivity index (χ1v) is 8.79. The Hall–Kier alpha value is -2.36. The number of aliphatic carboxylic acids is 1. The van der Waals surface area contributed by atoms with Crippen LogP contribution in [0.3, 0.4) is 0 Å². The third kappa shape index (κ3) is 3.20. The molecule has 0 aliphatic heterocycles. The van der Waals surface area contributed by atoms with Crippen LogP contribution in [0.15, 0.2) is 54.6 Å². The molecule has 0 aliphatic rings. The number of halogens is 1. The third-order valence-electron chi connectivity index (χ3n) is 5.15. The number of benzene rings is 4. The zero-order valence-electron chi connectivity index (χ0n) is 14.4. The maximum Gasteiger partial charge on any atom is 0.320 e. The number of carboxylic acids is 1. The fourth-order valence-corrected chi connectivity index (χ4v) is 3.82. The van der Waals surface area contributed by atoms with E-state index < -0.39 is 12.0 Å². The van der Waals surface area contributed by atoms with Crippen molar-refractivity contribution in [3.05, 3.63) is 60.2 Å². The predicted molar refractivity (Wildman–Crippen MR) is 111 cm³/mol. The topological polar surface area (TPSA) is 63.3 Å². The van der Waals surface area contributed by atoms with E-state index in [1.54, 1.807) is 0 Å². The lowest BCUT2D eigenvalue weighted by atomic mass is 9.90. The highest BCUT2D eigenvalue weighted by Crippen LogP contribution is 2.36. The summed E-state index contributed by atoms with van der Waals surface area (Å²) in [7, 11) is 0. The summed E-state index contributed by atoms with van der Waals surface area (Å²) < 4.78 is 0. The average Bonchev–Trinajstić information content (AvgIpc) is 2.63. The number of rotatable bonds is 6. The highest BCUT2D eigenvalue weighted by Gasteiger charge is 2.12. The SMILES string of the molecule is Cl.N[C@@H](CCCCc1ccc2ccc3cccc4ccc1c2c34)C(=O)O. The maximum atomic E-state index is 10.8. The lowest BCUT2D eigenvalue weighted by Gasteiger charge is -2.14. The molecule has 4 aromatic carbocycles. The Labute approximate surface area is 158 Å². The molecule has 0 bridgehead atoms. The molecule has 0 heterocycles. The number of aryl methyl sites for hydroxylation is 1. The Morgan fingerprint density at radius 1 is 0.885 bits per heavy atom. The Balaban J connectivity index is 0.00000196. The van der Waals surface area contributed by atoms with Gasteiger partial charge in [0.2, 0.25) is 0 Å². The minimum absolute atomic E-state index is 0. The molecule has 4 heteroatoms. The van der Waals surface area contributed by atoms with Gasteiger partial charge in [-0.15, -0.1) is 12.4 Å². The normalized spacial score (nSPS) is 12.5. The minimum Gasteiger partial charge on any atom is -0.480 e. The number of hydrogen-bond donors (Lipinski definition) is 2. The van der Waals surface area contributed by atoms with Crippen molar-refractivity contribution in [3.8, 4) is 0 Å². The molecule has 0 saturated carbocycles. The van der Waals surface area contributed by atoms with E-state index in [2.05, 4.69) is 54.6 Å². The van der Waals surface area contributed by atoms with Gasteiger partial charge in [-0.1, -0.05) is 61.0 Å². The van der Waals surface area contributed by atoms with Gasteiger partial charge in [-0.3, -0.25) is 4.79 Å². The van der Waals surface area contributed by atoms with Crippen molar-refractivity contribution in [2.24, 2.45) is 5.73 Å². The van der Waals surface area contributed by atoms with Crippen LogP contribution in [0.5, 0.6) is 0 Å². The van der Waals surface area contributed by atoms with Crippen molar-refractivity contribution in [1.29, 1.82) is 0 Å². The van der Waals surface area contributed by atoms with Crippen LogP contribution in [0.1, 0.15) is 24.8 Å². The van der Waals surface area contributed by atoms with Crippen LogP contribution < -0.4 is 5.73 Å². The second-order valence-corrected chi connectivity index (χ2v) is 6.77. The van der Waals surface area contributed by atoms with E-state index in [1.165, 1.54) is 37.9 Å². The molecular formula is C22H22ClNO2. The zero-order valence-corrected chi connectivity index (χ0v) is 15.3. The van der Waals surface area contributed by atoms with Crippen molar-refractivity contribution in [1.82, 2.24) is 0 Å². The van der Waals surface area contributed by atoms with Gasteiger partial charge in [-0.2, -0.15) is 0 Å². The van der Waals surface area contributed by atoms with Gasteiger partial charge >= 0.3 is 5.97 Å². The quantitative estimate of drug-likeness (QED) is 0.366. The standard InChI is InChI=1S/C22H21NO2.ClH/c23-19(22(24)25)7-2-1-4-14-8-9-17-11-10-15-5-3-6-16-12-13-18(14)21(17)20(15)16;/h3,5-6,8-13,19H,1-2,4,7,23H2,(H,24,25);1H/t19-;/m0./s1. The lowest BCUT2D eigenvalue weighted by Crippen LogP contribution is -2.29. The Morgan fingerprint density at radius 2 is 1.50 bits per heavy atom. The van der Waals surface area contributed by atoms with Gasteiger partial charge in [0.05, 0.1) is 0 Å². The molecular weight excluding hydrogens is 346 g/mol. The van der Waals surface area contributed by atoms with Gasteiger partial charge in [0.1, 0.15) is 6.04 Å². The third-order valence-corrected chi connectivity index (χ3v) is 5.15. The fraction of sp³-hybridized carbons (Fsp3) is 0.227. The molecule has 4 rings (SSSR count). The molecule has 0 fully saturated rings. The second-order valence-electron chi connectivity index (χ2n) is 6.77. The zero-order chi connectivity index (χ0) is 17.4. The van der Waals surface area contributed by atoms with Crippen molar-refractivity contribution >= 4 is 50.7 Å². The van der Waals surface area contributed by atoms with E-state index >= 15 is 0 Å². The summed E-state index contributed by atoms with van der Waals surface area (Å²) in [5.74, 6) is -0.914. The molecule has 0 aliphatic carbocycles. The monoisotopic (exact) mass is 367 g/mol. The highest BCUT2D eigenvalue weighted by atomic mass is 35.5. The molecule has 134 valence electrons. The average molecular weight is 368 g/mol. The lowest BCUT2D eigenvalue weighted by molar-refractivity contribution is -0.138. The number of carboxylic acid groups (broad SMARTS) is 1. The summed E-state index contributed by atoms with van der Waals surface area (Å²) in [5, 5.41) is 16.7. The molecule has 0 saturated heterocycles. The van der Waals surface area contributed by atoms with E-state index in [-0.39, 0.29) is 12.4 Å². The van der Waals surface area contributed by atoms with Crippen LogP contribution in [0.4, 0.5) is 0 Å². The van der Waals surface area contributed by atoms with Crippen LogP contribution in [-0.4, -0.2) is 17.1 Å². The molecule has 0 radical (unpaired) electrons. The molecule has 4 aromatic rings. The van der Waals surface area contributed by atoms with Crippen LogP contribution in [0, 0.1) is 0 Å². The number of carbonyl (C=O) groups is 1. The smallest absolute Gasteiger partial charge is 0.320 e. The highest BCUT2D eigenvalue weighted by molar-refractivity contribution is 6.23. The van der Waals surface area contributed by atoms with Crippen molar-refractivity contribution in [2.75, 3.05) is 0 Å². The molecule has 0 spiro atoms. The summed E-state index contributed by atoms with van der Waals surface area (Å²) in [5.41, 5.74) is 6.91. The van der Waals surface area contributed by atoms with Gasteiger partial charge < -0.3 is 10.8 Å². The predicted octanol–water partition coefficient (Wildman–Crippen LogP) is 5.13. The summed E-state index contributed by atoms with van der Waals surface area (Å²) in [6.07, 6.45) is 3.25. The van der Waals surface area contributed by atoms with E-state index in [1.807, 2.05) is 0 Å². The summed E-state index contributed by atoms with van der Waals surface area (Å²) in [6, 6.07) is 18.9. The Kier molecular flexibility index (Phi) is 5.30. The van der Waals surface area contributed by atoms with E-state index in [4.69, 9.17) is 10.8 Å². The van der Waals surface area contributed by atoms with Crippen molar-refractivity contribution < 1.29 is 9.90 Å². The first-order valence-electron chi connectivity index (χ1n) is 8.79. The first kappa shape index (κ1) is 18.4. The minimum atomic E-state index is -0.914. The summed E-state index contributed by atoms with van der Waals surface area (Å²) in [4.78, 5) is 10.8. The van der Waals surface area contributed by atoms with Crippen LogP contribution in [0.25, 0.3) is 32.3 Å². The van der Waals surface area contributed by atoms with E-state index in [9.17, 15) is 4.79 Å². The van der Waals surface area contributed by atoms with Gasteiger partial charge in [0.25, 0.3) is 0 Å². The van der Waals surface area contributed by atoms with Gasteiger partial charge in [0, 0.05) is 0 Å². The largest absolute Gasteiger partial charge is 0.480 e. The molecule has 1 atom stereocenters. The molecule has 26 heavy (non-hydrogen) atoms. The molecule has 0 aromatic heterocycles. The van der Waals surface area contributed by atoms with E-state index in [0.29, 0.717) is 6.42 Å². The van der Waals surface area contributed by atoms with Gasteiger partial charge in [-0.05, 0) is 57.1 Å². The number of hydrogen-bond acceptors (Lipinski definition) is 2. The van der Waals surface area contributed by atoms with Gasteiger partial charge in [-0.25, -0.2) is 0 Å². The molecule has 3 N–H and O–H groups in total. The van der Waals surface area contributed by atoms with E-state index in [0.717, 1.165) is 19.3 Å². The molecule has 3 nitrogen and oxygen atoms in total. The molecule has 0 amide bonds. The van der Waals surface area contributed by atoms with Crippen molar-refractivity contribution in [2.45, 2.75) is 31.7 Å². The number of unbranched alkanes of at least 4 members (excludes halogenated alkanes) is 1. The Morgan fingerprint density at radius 3 is 2.19 bits per heavy atom. The summed E-state index contributed by atoms with van der Waals surface area (Å²) >= 11 is 0. The molecule has 0 unspecified atom stereocenters. The second kappa shape index (κ2) is 7.48. The summed E-state index contributed by atoms with van der Waals surface area (Å²) in [6.45, 7) is 0. The van der Waals surface area contributed by atoms with Gasteiger partial charge in [0.15, 0.2) is 0 Å². The van der Waals surface area contributed by atoms with Crippen LogP contribution in [0.2, 0.25) is 0 Å². The maximum absolute atomic E-state index is 10.8. The number of nitrogens with two attached hydrogens (primary N) is 1. The van der Waals surface area contributed by atoms with Crippen molar-refractivity contribution in [3.63, 3.8) is 0 Å². The first-order chi connectivity index (χ1) is 12.1. The fourth-order valence-electron chi connectivity index (χ4n) is 3.82. The van der Waals surface area contributed by atoms with Crippen LogP contribution in [-0.2, 0) is 11.2 Å². The van der Waals surface area contributed by atoms with Crippen LogP contribution >= 0.6 is 12.4 Å².